The molecule has 1 rings (SSSR count). The van der Waals surface area contributed by atoms with Crippen LogP contribution in [0.3, 0.4) is 0 Å². The van der Waals surface area contributed by atoms with E-state index in [2.05, 4.69) is 4.72 Å². The molecule has 2 N–H and O–H groups in total. The lowest BCUT2D eigenvalue weighted by atomic mass is 10.1. The molecule has 1 atom stereocenters. The van der Waals surface area contributed by atoms with Gasteiger partial charge in [-0.3, -0.25) is 4.79 Å². The molecule has 0 aromatic rings. The summed E-state index contributed by atoms with van der Waals surface area (Å²) in [5.74, 6) is -1.42. The zero-order valence-corrected chi connectivity index (χ0v) is 11.0. The predicted octanol–water partition coefficient (Wildman–Crippen LogP) is 0.416. The first-order valence-electron chi connectivity index (χ1n) is 5.85. The molecule has 17 heavy (non-hydrogen) atoms. The summed E-state index contributed by atoms with van der Waals surface area (Å²) in [6.45, 7) is 4.30. The molecule has 1 saturated heterocycles. The lowest BCUT2D eigenvalue weighted by Crippen LogP contribution is -2.51. The van der Waals surface area contributed by atoms with Gasteiger partial charge in [-0.1, -0.05) is 20.3 Å². The fourth-order valence-electron chi connectivity index (χ4n) is 1.81. The fraction of sp³-hybridized carbons (Fsp3) is 0.900. The van der Waals surface area contributed by atoms with E-state index in [1.165, 1.54) is 4.31 Å². The van der Waals surface area contributed by atoms with Crippen LogP contribution in [0, 0.1) is 5.92 Å². The Morgan fingerprint density at radius 2 is 1.76 bits per heavy atom. The Hall–Kier alpha value is -0.660. The zero-order chi connectivity index (χ0) is 13.1. The molecular weight excluding hydrogens is 244 g/mol. The van der Waals surface area contributed by atoms with Gasteiger partial charge in [-0.25, -0.2) is 0 Å². The topological polar surface area (TPSA) is 86.7 Å². The van der Waals surface area contributed by atoms with Gasteiger partial charge in [0.05, 0.1) is 0 Å². The molecule has 0 amide bonds. The Morgan fingerprint density at radius 1 is 1.24 bits per heavy atom. The molecule has 1 heterocycles. The van der Waals surface area contributed by atoms with E-state index in [0.717, 1.165) is 19.3 Å². The number of hydrogen-bond acceptors (Lipinski definition) is 3. The van der Waals surface area contributed by atoms with Gasteiger partial charge in [0, 0.05) is 13.1 Å². The van der Waals surface area contributed by atoms with Gasteiger partial charge >= 0.3 is 5.97 Å². The number of carboxylic acids is 1. The van der Waals surface area contributed by atoms with E-state index in [-0.39, 0.29) is 5.92 Å². The number of nitrogens with zero attached hydrogens (tertiary/aromatic N) is 1. The Balaban J connectivity index is 2.73. The SMILES string of the molecule is CC(C)[C@@H](NS(=O)(=O)N1CCCCC1)C(=O)O. The minimum Gasteiger partial charge on any atom is -0.480 e. The third-order valence-corrected chi connectivity index (χ3v) is 4.46. The second-order valence-corrected chi connectivity index (χ2v) is 6.34. The molecule has 0 spiro atoms. The molecule has 100 valence electrons. The molecule has 0 radical (unpaired) electrons. The highest BCUT2D eigenvalue weighted by Crippen LogP contribution is 2.13. The van der Waals surface area contributed by atoms with E-state index >= 15 is 0 Å². The highest BCUT2D eigenvalue weighted by atomic mass is 32.2. The van der Waals surface area contributed by atoms with Crippen LogP contribution in [0.4, 0.5) is 0 Å². The summed E-state index contributed by atoms with van der Waals surface area (Å²) < 4.78 is 27.5. The fourth-order valence-corrected chi connectivity index (χ4v) is 3.39. The lowest BCUT2D eigenvalue weighted by Gasteiger charge is -2.28. The Bertz CT molecular complexity index is 361. The third-order valence-electron chi connectivity index (χ3n) is 2.86. The van der Waals surface area contributed by atoms with Gasteiger partial charge in [0.2, 0.25) is 0 Å². The molecule has 0 bridgehead atoms. The van der Waals surface area contributed by atoms with Crippen LogP contribution in [0.5, 0.6) is 0 Å². The highest BCUT2D eigenvalue weighted by Gasteiger charge is 2.31. The molecule has 1 aliphatic heterocycles. The van der Waals surface area contributed by atoms with E-state index in [1.54, 1.807) is 13.8 Å². The number of piperidine rings is 1. The van der Waals surface area contributed by atoms with Crippen molar-refractivity contribution in [1.29, 1.82) is 0 Å². The van der Waals surface area contributed by atoms with E-state index in [0.29, 0.717) is 13.1 Å². The molecule has 6 nitrogen and oxygen atoms in total. The van der Waals surface area contributed by atoms with Crippen molar-refractivity contribution in [2.24, 2.45) is 5.92 Å². The van der Waals surface area contributed by atoms with E-state index in [4.69, 9.17) is 5.11 Å². The quantitative estimate of drug-likeness (QED) is 0.753. The summed E-state index contributed by atoms with van der Waals surface area (Å²) in [6.07, 6.45) is 2.69. The predicted molar refractivity (Wildman–Crippen MR) is 63.7 cm³/mol. The van der Waals surface area contributed by atoms with Crippen LogP contribution in [0.25, 0.3) is 0 Å². The van der Waals surface area contributed by atoms with Gasteiger partial charge < -0.3 is 5.11 Å². The average Bonchev–Trinajstić information content (AvgIpc) is 2.26. The van der Waals surface area contributed by atoms with Crippen LogP contribution in [0.1, 0.15) is 33.1 Å². The summed E-state index contributed by atoms with van der Waals surface area (Å²) in [5, 5.41) is 8.96. The molecule has 0 unspecified atom stereocenters. The van der Waals surface area contributed by atoms with Gasteiger partial charge in [0.15, 0.2) is 0 Å². The molecule has 0 aliphatic carbocycles. The first-order chi connectivity index (χ1) is 7.84. The van der Waals surface area contributed by atoms with Gasteiger partial charge in [-0.2, -0.15) is 17.4 Å². The molecular formula is C10H20N2O4S. The highest BCUT2D eigenvalue weighted by molar-refractivity contribution is 7.87. The van der Waals surface area contributed by atoms with Crippen molar-refractivity contribution in [2.45, 2.75) is 39.2 Å². The Morgan fingerprint density at radius 3 is 2.18 bits per heavy atom. The number of aliphatic carboxylic acids is 1. The van der Waals surface area contributed by atoms with Gasteiger partial charge in [-0.05, 0) is 18.8 Å². The minimum absolute atomic E-state index is 0.285. The number of nitrogens with one attached hydrogen (secondary N) is 1. The number of rotatable bonds is 5. The van der Waals surface area contributed by atoms with Crippen LogP contribution >= 0.6 is 0 Å². The van der Waals surface area contributed by atoms with Crippen LogP contribution in [0.15, 0.2) is 0 Å². The third kappa shape index (κ3) is 3.93. The van der Waals surface area contributed by atoms with Gasteiger partial charge in [-0.15, -0.1) is 0 Å². The summed E-state index contributed by atoms with van der Waals surface area (Å²) in [6, 6.07) is -1.07. The first-order valence-corrected chi connectivity index (χ1v) is 7.29. The van der Waals surface area contributed by atoms with Crippen molar-refractivity contribution in [2.75, 3.05) is 13.1 Å². The minimum atomic E-state index is -3.67. The van der Waals surface area contributed by atoms with Crippen molar-refractivity contribution in [3.8, 4) is 0 Å². The molecule has 0 aromatic carbocycles. The molecule has 0 aromatic heterocycles. The normalized spacial score (nSPS) is 20.4. The maximum atomic E-state index is 12.0. The summed E-state index contributed by atoms with van der Waals surface area (Å²) in [7, 11) is -3.67. The van der Waals surface area contributed by atoms with E-state index < -0.39 is 22.2 Å². The second-order valence-electron chi connectivity index (χ2n) is 4.64. The molecule has 1 aliphatic rings. The Labute approximate surface area is 102 Å². The summed E-state index contributed by atoms with van der Waals surface area (Å²) in [4.78, 5) is 11.0. The molecule has 7 heteroatoms. The van der Waals surface area contributed by atoms with Crippen molar-refractivity contribution >= 4 is 16.2 Å². The van der Waals surface area contributed by atoms with E-state index in [9.17, 15) is 13.2 Å². The molecule has 0 saturated carbocycles. The average molecular weight is 264 g/mol. The van der Waals surface area contributed by atoms with Crippen LogP contribution in [-0.4, -0.2) is 42.9 Å². The van der Waals surface area contributed by atoms with Crippen molar-refractivity contribution in [3.05, 3.63) is 0 Å². The van der Waals surface area contributed by atoms with E-state index in [1.807, 2.05) is 0 Å². The molecule has 1 fully saturated rings. The Kier molecular flexibility index (Phi) is 4.91. The van der Waals surface area contributed by atoms with Gasteiger partial charge in [0.25, 0.3) is 10.2 Å². The maximum Gasteiger partial charge on any atom is 0.322 e. The number of carboxylic acid groups (broad SMARTS) is 1. The smallest absolute Gasteiger partial charge is 0.322 e. The van der Waals surface area contributed by atoms with Crippen LogP contribution < -0.4 is 4.72 Å². The first kappa shape index (κ1) is 14.4. The largest absolute Gasteiger partial charge is 0.480 e. The van der Waals surface area contributed by atoms with Crippen molar-refractivity contribution < 1.29 is 18.3 Å². The summed E-state index contributed by atoms with van der Waals surface area (Å²) >= 11 is 0. The van der Waals surface area contributed by atoms with Crippen LogP contribution in [0.2, 0.25) is 0 Å². The number of hydrogen-bond donors (Lipinski definition) is 2. The maximum absolute atomic E-state index is 12.0. The van der Waals surface area contributed by atoms with Crippen molar-refractivity contribution in [3.63, 3.8) is 0 Å². The van der Waals surface area contributed by atoms with Gasteiger partial charge in [0.1, 0.15) is 6.04 Å². The standard InChI is InChI=1S/C10H20N2O4S/c1-8(2)9(10(13)14)11-17(15,16)12-6-4-3-5-7-12/h8-9,11H,3-7H2,1-2H3,(H,13,14)/t9-/m1/s1. The lowest BCUT2D eigenvalue weighted by molar-refractivity contribution is -0.140. The monoisotopic (exact) mass is 264 g/mol. The number of carbonyl (C=O) groups is 1. The second kappa shape index (κ2) is 5.79. The van der Waals surface area contributed by atoms with Crippen molar-refractivity contribution in [1.82, 2.24) is 9.03 Å². The summed E-state index contributed by atoms with van der Waals surface area (Å²) in [5.41, 5.74) is 0. The van der Waals surface area contributed by atoms with Crippen LogP contribution in [-0.2, 0) is 15.0 Å². The zero-order valence-electron chi connectivity index (χ0n) is 10.2.